The second kappa shape index (κ2) is 14.0. The first-order valence-electron chi connectivity index (χ1n) is 16.0. The summed E-state index contributed by atoms with van der Waals surface area (Å²) in [5.41, 5.74) is 1.82. The number of hydrogen-bond acceptors (Lipinski definition) is 6. The molecular formula is C34H60N2O6Si2. The van der Waals surface area contributed by atoms with Crippen LogP contribution in [0.5, 0.6) is 11.5 Å². The van der Waals surface area contributed by atoms with E-state index >= 15 is 0 Å². The lowest BCUT2D eigenvalue weighted by Gasteiger charge is -2.42. The highest BCUT2D eigenvalue weighted by molar-refractivity contribution is 6.78. The Labute approximate surface area is 269 Å². The van der Waals surface area contributed by atoms with E-state index in [4.69, 9.17) is 18.3 Å². The van der Waals surface area contributed by atoms with Crippen molar-refractivity contribution >= 4 is 34.3 Å². The number of likely N-dealkylation sites (tertiary alicyclic amines) is 1. The Kier molecular flexibility index (Phi) is 12.0. The number of ether oxygens (including phenoxy) is 2. The lowest BCUT2D eigenvalue weighted by molar-refractivity contribution is 0.0635. The number of nitrogens with zero attached hydrogens (tertiary/aromatic N) is 1. The largest absolute Gasteiger partial charge is 0.540 e. The quantitative estimate of drug-likeness (QED) is 0.190. The monoisotopic (exact) mass is 648 g/mol. The molecule has 2 rings (SSSR count). The zero-order valence-electron chi connectivity index (χ0n) is 30.2. The van der Waals surface area contributed by atoms with Gasteiger partial charge in [-0.15, -0.1) is 0 Å². The van der Waals surface area contributed by atoms with Crippen molar-refractivity contribution in [2.24, 2.45) is 0 Å². The average Bonchev–Trinajstić information content (AvgIpc) is 3.23. The summed E-state index contributed by atoms with van der Waals surface area (Å²) in [4.78, 5) is 29.2. The summed E-state index contributed by atoms with van der Waals surface area (Å²) in [6, 6.07) is 3.26. The molecular weight excluding hydrogens is 589 g/mol. The van der Waals surface area contributed by atoms with E-state index in [0.717, 1.165) is 5.57 Å². The molecule has 0 unspecified atom stereocenters. The third kappa shape index (κ3) is 8.69. The van der Waals surface area contributed by atoms with Crippen molar-refractivity contribution in [3.8, 4) is 11.5 Å². The molecule has 0 saturated carbocycles. The summed E-state index contributed by atoms with van der Waals surface area (Å²) in [5, 5.41) is 2.91. The predicted molar refractivity (Wildman–Crippen MR) is 186 cm³/mol. The topological polar surface area (TPSA) is 86.3 Å². The molecule has 1 atom stereocenters. The van der Waals surface area contributed by atoms with Crippen LogP contribution in [0.1, 0.15) is 99.9 Å². The first-order chi connectivity index (χ1) is 20.0. The molecule has 8 nitrogen and oxygen atoms in total. The highest BCUT2D eigenvalue weighted by atomic mass is 28.4. The summed E-state index contributed by atoms with van der Waals surface area (Å²) in [6.45, 7) is 34.8. The van der Waals surface area contributed by atoms with Gasteiger partial charge in [-0.2, -0.15) is 0 Å². The lowest BCUT2D eigenvalue weighted by Crippen LogP contribution is -2.50. The number of rotatable bonds is 11. The number of carbonyl (C=O) groups excluding carboxylic acids is 2. The summed E-state index contributed by atoms with van der Waals surface area (Å²) < 4.78 is 25.0. The van der Waals surface area contributed by atoms with E-state index < -0.39 is 28.3 Å². The fourth-order valence-corrected chi connectivity index (χ4v) is 12.3. The van der Waals surface area contributed by atoms with Gasteiger partial charge in [0.25, 0.3) is 14.2 Å². The molecule has 1 N–H and O–H groups in total. The normalized spacial score (nSPS) is 16.6. The van der Waals surface area contributed by atoms with Gasteiger partial charge >= 0.3 is 6.09 Å². The van der Waals surface area contributed by atoms with E-state index in [9.17, 15) is 9.59 Å². The number of hydrogen-bond donors (Lipinski definition) is 1. The van der Waals surface area contributed by atoms with E-state index in [0.29, 0.717) is 58.9 Å². The van der Waals surface area contributed by atoms with Crippen LogP contribution in [0.25, 0.3) is 0 Å². The molecule has 0 bridgehead atoms. The molecule has 1 saturated heterocycles. The smallest absolute Gasteiger partial charge is 0.412 e. The van der Waals surface area contributed by atoms with Crippen LogP contribution in [0.15, 0.2) is 24.3 Å². The molecule has 0 aromatic heterocycles. The molecule has 250 valence electrons. The van der Waals surface area contributed by atoms with Crippen LogP contribution in [0.4, 0.5) is 10.5 Å². The van der Waals surface area contributed by atoms with Crippen LogP contribution in [-0.4, -0.2) is 65.4 Å². The minimum absolute atomic E-state index is 0.0473. The number of carbonyl (C=O) groups is 2. The van der Waals surface area contributed by atoms with Crippen LogP contribution in [0.3, 0.4) is 0 Å². The Morgan fingerprint density at radius 3 is 1.98 bits per heavy atom. The van der Waals surface area contributed by atoms with Gasteiger partial charge in [-0.05, 0) is 68.0 Å². The van der Waals surface area contributed by atoms with E-state index in [2.05, 4.69) is 87.3 Å². The van der Waals surface area contributed by atoms with Crippen molar-refractivity contribution in [1.29, 1.82) is 0 Å². The molecule has 10 heteroatoms. The third-order valence-corrected chi connectivity index (χ3v) is 19.7. The summed E-state index contributed by atoms with van der Waals surface area (Å²) >= 11 is 0. The Bertz CT molecular complexity index is 1180. The molecule has 1 aromatic rings. The minimum Gasteiger partial charge on any atom is -0.540 e. The number of benzene rings is 1. The van der Waals surface area contributed by atoms with E-state index in [1.807, 2.05) is 0 Å². The van der Waals surface area contributed by atoms with Crippen molar-refractivity contribution in [2.75, 3.05) is 25.6 Å². The van der Waals surface area contributed by atoms with Gasteiger partial charge in [0, 0.05) is 12.6 Å². The fourth-order valence-electron chi connectivity index (χ4n) is 5.98. The zero-order chi connectivity index (χ0) is 34.0. The van der Waals surface area contributed by atoms with Crippen molar-refractivity contribution < 1.29 is 27.9 Å². The predicted octanol–water partition coefficient (Wildman–Crippen LogP) is 9.39. The second-order valence-corrected chi connectivity index (χ2v) is 25.9. The maximum absolute atomic E-state index is 14.4. The molecule has 1 fully saturated rings. The molecule has 1 aromatic carbocycles. The van der Waals surface area contributed by atoms with E-state index in [1.165, 1.54) is 0 Å². The maximum Gasteiger partial charge on any atom is 0.412 e. The van der Waals surface area contributed by atoms with Crippen LogP contribution in [0.2, 0.25) is 34.8 Å². The fraction of sp³-hybridized carbons (Fsp3) is 0.706. The minimum atomic E-state index is -2.40. The second-order valence-electron chi connectivity index (χ2n) is 15.7. The van der Waals surface area contributed by atoms with Crippen molar-refractivity contribution in [3.63, 3.8) is 0 Å². The molecule has 1 heterocycles. The van der Waals surface area contributed by atoms with Crippen molar-refractivity contribution in [3.05, 3.63) is 29.8 Å². The molecule has 1 aliphatic rings. The van der Waals surface area contributed by atoms with Crippen molar-refractivity contribution in [1.82, 2.24) is 4.90 Å². The standard InChI is InChI=1S/C34H60N2O6Si2/c1-22(2)44(23(3)4,24(5)6)42-30-19-28(35-32(38)41-33(8,9)10)27(18-29(30)39-14)31(37)36-20-25(7)17-26(36)21-40-43(15,16)34(11,12)13/h18-19,22-24,26H,7,17,20-21H2,1-6,8-16H3,(H,35,38)/t26-/m0/s1. The average molecular weight is 649 g/mol. The van der Waals surface area contributed by atoms with Gasteiger partial charge in [0.05, 0.1) is 31.0 Å². The van der Waals surface area contributed by atoms with Gasteiger partial charge in [0.1, 0.15) is 11.4 Å². The van der Waals surface area contributed by atoms with Gasteiger partial charge < -0.3 is 23.2 Å². The zero-order valence-corrected chi connectivity index (χ0v) is 32.2. The Morgan fingerprint density at radius 2 is 1.52 bits per heavy atom. The van der Waals surface area contributed by atoms with Crippen LogP contribution < -0.4 is 14.5 Å². The summed E-state index contributed by atoms with van der Waals surface area (Å²) in [7, 11) is -2.86. The van der Waals surface area contributed by atoms with Crippen LogP contribution in [0, 0.1) is 0 Å². The maximum atomic E-state index is 14.4. The molecule has 0 aliphatic carbocycles. The van der Waals surface area contributed by atoms with Crippen LogP contribution >= 0.6 is 0 Å². The van der Waals surface area contributed by atoms with Crippen molar-refractivity contribution in [2.45, 2.75) is 136 Å². The van der Waals surface area contributed by atoms with Gasteiger partial charge in [0.15, 0.2) is 14.1 Å². The number of amides is 2. The Hall–Kier alpha value is -2.31. The van der Waals surface area contributed by atoms with E-state index in [1.54, 1.807) is 44.9 Å². The lowest BCUT2D eigenvalue weighted by atomic mass is 10.1. The molecule has 2 amide bonds. The van der Waals surface area contributed by atoms with Gasteiger partial charge in [0.2, 0.25) is 0 Å². The molecule has 0 spiro atoms. The van der Waals surface area contributed by atoms with E-state index in [-0.39, 0.29) is 17.0 Å². The first kappa shape index (κ1) is 37.9. The summed E-state index contributed by atoms with van der Waals surface area (Å²) in [5.74, 6) is 0.735. The molecule has 44 heavy (non-hydrogen) atoms. The van der Waals surface area contributed by atoms with Crippen LogP contribution in [-0.2, 0) is 9.16 Å². The highest BCUT2D eigenvalue weighted by Crippen LogP contribution is 2.46. The number of methoxy groups -OCH3 is 1. The Morgan fingerprint density at radius 1 is 0.977 bits per heavy atom. The SMILES string of the molecule is C=C1C[C@@H](CO[Si](C)(C)C(C)(C)C)N(C(=O)c2cc(OC)c(O[Si](C(C)C)(C(C)C)C(C)C)cc2NC(=O)OC(C)(C)C)C1. The first-order valence-corrected chi connectivity index (χ1v) is 21.0. The number of anilines is 1. The Balaban J connectivity index is 2.64. The van der Waals surface area contributed by atoms with Gasteiger partial charge in [-0.1, -0.05) is 74.5 Å². The highest BCUT2D eigenvalue weighted by Gasteiger charge is 2.48. The third-order valence-electron chi connectivity index (χ3n) is 9.23. The number of nitrogens with one attached hydrogen (secondary N) is 1. The molecule has 0 radical (unpaired) electrons. The van der Waals surface area contributed by atoms with Gasteiger partial charge in [-0.3, -0.25) is 10.1 Å². The summed E-state index contributed by atoms with van der Waals surface area (Å²) in [6.07, 6.45) is 0.0186. The van der Waals surface area contributed by atoms with Gasteiger partial charge in [-0.25, -0.2) is 4.79 Å². The molecule has 1 aliphatic heterocycles.